The highest BCUT2D eigenvalue weighted by Gasteiger charge is 2.09. The number of carbonyl (C=O) groups is 1. The highest BCUT2D eigenvalue weighted by Crippen LogP contribution is 2.17. The molecule has 0 saturated carbocycles. The zero-order chi connectivity index (χ0) is 10.8. The number of thiazole rings is 1. The Morgan fingerprint density at radius 1 is 1.53 bits per heavy atom. The highest BCUT2D eigenvalue weighted by molar-refractivity contribution is 7.15. The number of carbonyl (C=O) groups excluding carboxylic acids is 1. The van der Waals surface area contributed by atoms with Crippen LogP contribution in [0.5, 0.6) is 0 Å². The van der Waals surface area contributed by atoms with E-state index < -0.39 is 0 Å². The number of hydrogen-bond acceptors (Lipinski definition) is 4. The van der Waals surface area contributed by atoms with Crippen LogP contribution in [0.25, 0.3) is 0 Å². The number of aromatic nitrogens is 3. The van der Waals surface area contributed by atoms with Gasteiger partial charge >= 0.3 is 0 Å². The van der Waals surface area contributed by atoms with E-state index in [-0.39, 0.29) is 5.91 Å². The van der Waals surface area contributed by atoms with Crippen LogP contribution in [-0.2, 0) is 7.05 Å². The first-order valence-electron chi connectivity index (χ1n) is 4.37. The fourth-order valence-corrected chi connectivity index (χ4v) is 1.78. The third-order valence-corrected chi connectivity index (χ3v) is 2.64. The summed E-state index contributed by atoms with van der Waals surface area (Å²) in [7, 11) is 1.77. The summed E-state index contributed by atoms with van der Waals surface area (Å²) in [4.78, 5) is 16.8. The Balaban J connectivity index is 2.10. The van der Waals surface area contributed by atoms with Crippen molar-refractivity contribution in [1.82, 2.24) is 14.8 Å². The smallest absolute Gasteiger partial charge is 0.260 e. The Bertz CT molecular complexity index is 488. The predicted octanol–water partition coefficient (Wildman–Crippen LogP) is 1.44. The second-order valence-electron chi connectivity index (χ2n) is 3.13. The van der Waals surface area contributed by atoms with Crippen LogP contribution in [0, 0.1) is 6.92 Å². The van der Waals surface area contributed by atoms with Gasteiger partial charge in [-0.1, -0.05) is 0 Å². The van der Waals surface area contributed by atoms with E-state index >= 15 is 0 Å². The third-order valence-electron chi connectivity index (χ3n) is 1.81. The number of nitrogens with zero attached hydrogens (tertiary/aromatic N) is 3. The molecule has 2 rings (SSSR count). The van der Waals surface area contributed by atoms with E-state index in [9.17, 15) is 4.79 Å². The molecule has 5 nitrogen and oxygen atoms in total. The number of nitrogens with one attached hydrogen (secondary N) is 1. The van der Waals surface area contributed by atoms with Crippen LogP contribution in [0.2, 0.25) is 0 Å². The second-order valence-corrected chi connectivity index (χ2v) is 4.37. The van der Waals surface area contributed by atoms with Crippen molar-refractivity contribution in [3.05, 3.63) is 29.0 Å². The van der Waals surface area contributed by atoms with Gasteiger partial charge in [-0.15, -0.1) is 11.3 Å². The lowest BCUT2D eigenvalue weighted by Gasteiger charge is -1.96. The number of amides is 1. The monoisotopic (exact) mass is 222 g/mol. The number of rotatable bonds is 2. The molecule has 0 bridgehead atoms. The molecule has 0 spiro atoms. The third kappa shape index (κ3) is 2.21. The Hall–Kier alpha value is -1.69. The normalized spacial score (nSPS) is 10.3. The quantitative estimate of drug-likeness (QED) is 0.836. The zero-order valence-electron chi connectivity index (χ0n) is 8.39. The van der Waals surface area contributed by atoms with Gasteiger partial charge < -0.3 is 0 Å². The lowest BCUT2D eigenvalue weighted by molar-refractivity contribution is 0.102. The molecule has 0 radical (unpaired) electrons. The van der Waals surface area contributed by atoms with Crippen molar-refractivity contribution in [3.63, 3.8) is 0 Å². The van der Waals surface area contributed by atoms with Crippen molar-refractivity contribution in [1.29, 1.82) is 0 Å². The van der Waals surface area contributed by atoms with E-state index in [0.29, 0.717) is 10.7 Å². The first kappa shape index (κ1) is 9.85. The first-order chi connectivity index (χ1) is 7.15. The average molecular weight is 222 g/mol. The van der Waals surface area contributed by atoms with Crippen molar-refractivity contribution in [3.8, 4) is 0 Å². The van der Waals surface area contributed by atoms with E-state index in [1.807, 2.05) is 6.92 Å². The van der Waals surface area contributed by atoms with Crippen LogP contribution < -0.4 is 5.32 Å². The molecule has 0 saturated heterocycles. The molecule has 0 fully saturated rings. The molecule has 0 aromatic carbocycles. The molecule has 2 aromatic rings. The summed E-state index contributed by atoms with van der Waals surface area (Å²) in [5, 5.41) is 7.24. The Morgan fingerprint density at radius 3 is 2.87 bits per heavy atom. The van der Waals surface area contributed by atoms with Crippen molar-refractivity contribution in [2.45, 2.75) is 6.92 Å². The number of aryl methyl sites for hydroxylation is 2. The largest absolute Gasteiger partial charge is 0.298 e. The first-order valence-corrected chi connectivity index (χ1v) is 5.19. The van der Waals surface area contributed by atoms with Gasteiger partial charge in [0, 0.05) is 24.3 Å². The molecule has 1 N–H and O–H groups in total. The Labute approximate surface area is 90.8 Å². The average Bonchev–Trinajstić information content (AvgIpc) is 2.75. The minimum atomic E-state index is -0.183. The molecule has 0 aliphatic carbocycles. The van der Waals surface area contributed by atoms with Crippen LogP contribution in [0.1, 0.15) is 15.2 Å². The summed E-state index contributed by atoms with van der Waals surface area (Å²) in [6.45, 7) is 1.94. The van der Waals surface area contributed by atoms with Gasteiger partial charge in [0.15, 0.2) is 5.13 Å². The minimum absolute atomic E-state index is 0.183. The van der Waals surface area contributed by atoms with Gasteiger partial charge in [0.1, 0.15) is 0 Å². The fraction of sp³-hybridized carbons (Fsp3) is 0.222. The van der Waals surface area contributed by atoms with Crippen LogP contribution in [-0.4, -0.2) is 20.7 Å². The molecule has 0 aliphatic heterocycles. The van der Waals surface area contributed by atoms with Gasteiger partial charge in [0.05, 0.1) is 11.8 Å². The predicted molar refractivity (Wildman–Crippen MR) is 58.0 cm³/mol. The van der Waals surface area contributed by atoms with Gasteiger partial charge in [-0.25, -0.2) is 4.98 Å². The summed E-state index contributed by atoms with van der Waals surface area (Å²) in [5.74, 6) is -0.183. The summed E-state index contributed by atoms with van der Waals surface area (Å²) < 4.78 is 1.59. The standard InChI is InChI=1S/C9H10N4OS/c1-6-3-10-9(15-6)12-8(14)7-4-11-13(2)5-7/h3-5H,1-2H3,(H,10,12,14). The molecule has 2 aromatic heterocycles. The van der Waals surface area contributed by atoms with Gasteiger partial charge in [-0.05, 0) is 6.92 Å². The van der Waals surface area contributed by atoms with E-state index in [2.05, 4.69) is 15.4 Å². The maximum absolute atomic E-state index is 11.6. The SMILES string of the molecule is Cc1cnc(NC(=O)c2cnn(C)c2)s1. The summed E-state index contributed by atoms with van der Waals surface area (Å²) >= 11 is 1.45. The molecule has 0 aliphatic rings. The van der Waals surface area contributed by atoms with Gasteiger partial charge in [-0.3, -0.25) is 14.8 Å². The van der Waals surface area contributed by atoms with E-state index in [1.165, 1.54) is 17.5 Å². The molecule has 1 amide bonds. The molecule has 0 unspecified atom stereocenters. The zero-order valence-corrected chi connectivity index (χ0v) is 9.21. The van der Waals surface area contributed by atoms with Crippen LogP contribution in [0.3, 0.4) is 0 Å². The number of anilines is 1. The van der Waals surface area contributed by atoms with Crippen molar-refractivity contribution in [2.24, 2.45) is 7.05 Å². The van der Waals surface area contributed by atoms with Crippen molar-refractivity contribution >= 4 is 22.4 Å². The molecule has 15 heavy (non-hydrogen) atoms. The molecule has 0 atom stereocenters. The molecule has 6 heteroatoms. The Kier molecular flexibility index (Phi) is 2.51. The van der Waals surface area contributed by atoms with Gasteiger partial charge in [0.25, 0.3) is 5.91 Å². The van der Waals surface area contributed by atoms with Gasteiger partial charge in [-0.2, -0.15) is 5.10 Å². The maximum atomic E-state index is 11.6. The fourth-order valence-electron chi connectivity index (χ4n) is 1.12. The minimum Gasteiger partial charge on any atom is -0.298 e. The molecular formula is C9H10N4OS. The lowest BCUT2D eigenvalue weighted by atomic mass is 10.3. The van der Waals surface area contributed by atoms with Crippen molar-refractivity contribution in [2.75, 3.05) is 5.32 Å². The van der Waals surface area contributed by atoms with Crippen LogP contribution >= 0.6 is 11.3 Å². The van der Waals surface area contributed by atoms with Crippen molar-refractivity contribution < 1.29 is 4.79 Å². The van der Waals surface area contributed by atoms with E-state index in [4.69, 9.17) is 0 Å². The second kappa shape index (κ2) is 3.82. The maximum Gasteiger partial charge on any atom is 0.260 e. The lowest BCUT2D eigenvalue weighted by Crippen LogP contribution is -2.10. The van der Waals surface area contributed by atoms with E-state index in [1.54, 1.807) is 24.1 Å². The summed E-state index contributed by atoms with van der Waals surface area (Å²) in [5.41, 5.74) is 0.533. The molecule has 78 valence electrons. The van der Waals surface area contributed by atoms with Crippen LogP contribution in [0.4, 0.5) is 5.13 Å². The van der Waals surface area contributed by atoms with E-state index in [0.717, 1.165) is 4.88 Å². The summed E-state index contributed by atoms with van der Waals surface area (Å²) in [6.07, 6.45) is 4.91. The number of hydrogen-bond donors (Lipinski definition) is 1. The molecule has 2 heterocycles. The van der Waals surface area contributed by atoms with Crippen LogP contribution in [0.15, 0.2) is 18.6 Å². The topological polar surface area (TPSA) is 59.8 Å². The van der Waals surface area contributed by atoms with Gasteiger partial charge in [0.2, 0.25) is 0 Å². The highest BCUT2D eigenvalue weighted by atomic mass is 32.1. The Morgan fingerprint density at radius 2 is 2.33 bits per heavy atom. The summed E-state index contributed by atoms with van der Waals surface area (Å²) in [6, 6.07) is 0. The molecular weight excluding hydrogens is 212 g/mol.